The Morgan fingerprint density at radius 1 is 0.341 bits per heavy atom. The highest BCUT2D eigenvalue weighted by Crippen LogP contribution is 2.45. The van der Waals surface area contributed by atoms with E-state index in [4.69, 9.17) is 37.0 Å². The Morgan fingerprint density at radius 2 is 0.600 bits per heavy atom. The summed E-state index contributed by atoms with van der Waals surface area (Å²) in [6, 6.07) is 0. The zero-order chi connectivity index (χ0) is 63.1. The van der Waals surface area contributed by atoms with Gasteiger partial charge in [-0.25, -0.2) is 9.13 Å². The number of carbonyl (C=O) groups is 4. The molecule has 0 aliphatic carbocycles. The third-order valence-corrected chi connectivity index (χ3v) is 17.4. The largest absolute Gasteiger partial charge is 0.472 e. The van der Waals surface area contributed by atoms with Crippen LogP contribution in [0.5, 0.6) is 0 Å². The number of ether oxygens (including phenoxy) is 4. The molecule has 0 aromatic rings. The van der Waals surface area contributed by atoms with Crippen molar-refractivity contribution in [2.45, 2.75) is 343 Å². The maximum absolute atomic E-state index is 13.0. The fourth-order valence-corrected chi connectivity index (χ4v) is 11.4. The van der Waals surface area contributed by atoms with Crippen LogP contribution in [0.4, 0.5) is 0 Å². The predicted octanol–water partition coefficient (Wildman–Crippen LogP) is 18.3. The maximum atomic E-state index is 13.0. The Bertz CT molecular complexity index is 1680. The van der Waals surface area contributed by atoms with Gasteiger partial charge in [0.05, 0.1) is 26.4 Å². The van der Waals surface area contributed by atoms with E-state index in [0.29, 0.717) is 31.6 Å². The number of rotatable bonds is 64. The van der Waals surface area contributed by atoms with Crippen molar-refractivity contribution < 1.29 is 80.2 Å². The van der Waals surface area contributed by atoms with Gasteiger partial charge in [0.1, 0.15) is 19.3 Å². The molecule has 19 heteroatoms. The fourth-order valence-electron chi connectivity index (χ4n) is 9.80. The van der Waals surface area contributed by atoms with E-state index >= 15 is 0 Å². The van der Waals surface area contributed by atoms with Gasteiger partial charge in [-0.05, 0) is 43.4 Å². The molecule has 0 bridgehead atoms. The molecule has 0 amide bonds. The molecular weight excluding hydrogens is 1130 g/mol. The predicted molar refractivity (Wildman–Crippen MR) is 340 cm³/mol. The Morgan fingerprint density at radius 3 is 0.894 bits per heavy atom. The van der Waals surface area contributed by atoms with E-state index in [0.717, 1.165) is 108 Å². The summed E-state index contributed by atoms with van der Waals surface area (Å²) in [7, 11) is -9.89. The Hall–Kier alpha value is -1.94. The molecule has 0 rings (SSSR count). The van der Waals surface area contributed by atoms with Gasteiger partial charge in [-0.1, -0.05) is 273 Å². The number of esters is 4. The van der Waals surface area contributed by atoms with Crippen molar-refractivity contribution in [2.24, 2.45) is 17.8 Å². The van der Waals surface area contributed by atoms with Crippen molar-refractivity contribution in [3.8, 4) is 0 Å². The Balaban J connectivity index is 5.24. The van der Waals surface area contributed by atoms with E-state index in [1.54, 1.807) is 0 Å². The number of carbonyl (C=O) groups excluding carboxylic acids is 4. The summed E-state index contributed by atoms with van der Waals surface area (Å²) in [5.41, 5.74) is 0. The molecule has 3 unspecified atom stereocenters. The van der Waals surface area contributed by atoms with Crippen LogP contribution in [0.15, 0.2) is 0 Å². The van der Waals surface area contributed by atoms with E-state index in [-0.39, 0.29) is 25.7 Å². The minimum Gasteiger partial charge on any atom is -0.462 e. The van der Waals surface area contributed by atoms with Crippen molar-refractivity contribution >= 4 is 39.5 Å². The Kier molecular flexibility index (Phi) is 55.9. The molecule has 0 saturated carbocycles. The summed E-state index contributed by atoms with van der Waals surface area (Å²) in [5, 5.41) is 10.5. The lowest BCUT2D eigenvalue weighted by Gasteiger charge is -2.21. The van der Waals surface area contributed by atoms with Gasteiger partial charge in [0.25, 0.3) is 0 Å². The van der Waals surface area contributed by atoms with Crippen LogP contribution in [0.25, 0.3) is 0 Å². The molecule has 0 fully saturated rings. The summed E-state index contributed by atoms with van der Waals surface area (Å²) in [4.78, 5) is 72.3. The number of hydrogen-bond donors (Lipinski definition) is 3. The lowest BCUT2D eigenvalue weighted by atomic mass is 10.00. The van der Waals surface area contributed by atoms with Crippen molar-refractivity contribution in [1.29, 1.82) is 0 Å². The van der Waals surface area contributed by atoms with Crippen LogP contribution in [0.1, 0.15) is 325 Å². The molecule has 504 valence electrons. The molecule has 0 saturated heterocycles. The molecule has 85 heavy (non-hydrogen) atoms. The first-order valence-corrected chi connectivity index (χ1v) is 37.4. The maximum Gasteiger partial charge on any atom is 0.472 e. The molecule has 0 aromatic heterocycles. The zero-order valence-corrected chi connectivity index (χ0v) is 56.9. The minimum absolute atomic E-state index is 0.103. The van der Waals surface area contributed by atoms with E-state index in [9.17, 15) is 43.2 Å². The number of hydrogen-bond acceptors (Lipinski definition) is 15. The molecule has 0 spiro atoms. The highest BCUT2D eigenvalue weighted by Gasteiger charge is 2.30. The monoisotopic (exact) mass is 1250 g/mol. The van der Waals surface area contributed by atoms with Crippen LogP contribution in [-0.4, -0.2) is 96.7 Å². The van der Waals surface area contributed by atoms with Crippen LogP contribution in [0.2, 0.25) is 0 Å². The second-order valence-electron chi connectivity index (χ2n) is 25.1. The summed E-state index contributed by atoms with van der Waals surface area (Å²) in [6.45, 7) is 11.7. The normalized spacial score (nSPS) is 14.6. The van der Waals surface area contributed by atoms with Gasteiger partial charge in [0.15, 0.2) is 12.2 Å². The van der Waals surface area contributed by atoms with Gasteiger partial charge in [-0.2, -0.15) is 0 Å². The molecule has 17 nitrogen and oxygen atoms in total. The first kappa shape index (κ1) is 83.1. The SMILES string of the molecule is CCCCCCCCCCCCC(=O)OC[C@H](COP(=O)(O)OC[C@H](O)COP(=O)(O)OC[C@@H](COC(=O)CCCCCCCCCC(C)C)OC(=O)CCCCCCCCCCCCCCC(C)C)OC(=O)CCCCCCCCC(C)CC. The topological polar surface area (TPSA) is 237 Å². The number of phosphoric acid groups is 2. The lowest BCUT2D eigenvalue weighted by molar-refractivity contribution is -0.161. The smallest absolute Gasteiger partial charge is 0.462 e. The van der Waals surface area contributed by atoms with Gasteiger partial charge in [-0.15, -0.1) is 0 Å². The third kappa shape index (κ3) is 59.5. The third-order valence-electron chi connectivity index (χ3n) is 15.5. The first-order valence-electron chi connectivity index (χ1n) is 34.4. The highest BCUT2D eigenvalue weighted by molar-refractivity contribution is 7.47. The van der Waals surface area contributed by atoms with Crippen molar-refractivity contribution in [2.75, 3.05) is 39.6 Å². The van der Waals surface area contributed by atoms with Crippen LogP contribution in [-0.2, 0) is 65.4 Å². The average Bonchev–Trinajstić information content (AvgIpc) is 3.62. The number of unbranched alkanes of at least 4 members (excludes halogenated alkanes) is 31. The van der Waals surface area contributed by atoms with Crippen LogP contribution in [0, 0.1) is 17.8 Å². The molecule has 0 aliphatic heterocycles. The van der Waals surface area contributed by atoms with Crippen LogP contribution in [0.3, 0.4) is 0 Å². The number of phosphoric ester groups is 2. The molecule has 0 heterocycles. The van der Waals surface area contributed by atoms with Gasteiger partial charge < -0.3 is 33.8 Å². The Labute approximate surface area is 517 Å². The van der Waals surface area contributed by atoms with Crippen molar-refractivity contribution in [3.05, 3.63) is 0 Å². The van der Waals surface area contributed by atoms with Gasteiger partial charge >= 0.3 is 39.5 Å². The van der Waals surface area contributed by atoms with Gasteiger partial charge in [-0.3, -0.25) is 37.3 Å². The van der Waals surface area contributed by atoms with Gasteiger partial charge in [0.2, 0.25) is 0 Å². The molecule has 3 N–H and O–H groups in total. The average molecular weight is 1260 g/mol. The standard InChI is InChI=1S/C66H128O17P2/c1-8-10-11-12-13-14-20-25-33-40-47-63(68)76-54-62(83-66(71)50-43-36-29-28-32-39-46-59(7)9-2)56-81-85(74,75)79-52-60(67)51-78-84(72,73)80-55-61(53-77-64(69)48-41-34-27-22-24-31-38-45-58(5)6)82-65(70)49-42-35-26-21-18-16-15-17-19-23-30-37-44-57(3)4/h57-62,67H,8-56H2,1-7H3,(H,72,73)(H,74,75)/t59?,60-,61-,62-/m1/s1. The fraction of sp³-hybridized carbons (Fsp3) is 0.939. The van der Waals surface area contributed by atoms with E-state index in [2.05, 4.69) is 48.5 Å². The second kappa shape index (κ2) is 57.2. The first-order chi connectivity index (χ1) is 40.8. The van der Waals surface area contributed by atoms with E-state index in [1.165, 1.54) is 128 Å². The molecular formula is C66H128O17P2. The highest BCUT2D eigenvalue weighted by atomic mass is 31.2. The second-order valence-corrected chi connectivity index (χ2v) is 28.0. The van der Waals surface area contributed by atoms with E-state index in [1.807, 2.05) is 0 Å². The summed E-state index contributed by atoms with van der Waals surface area (Å²) >= 11 is 0. The van der Waals surface area contributed by atoms with Crippen molar-refractivity contribution in [3.63, 3.8) is 0 Å². The number of aliphatic hydroxyl groups excluding tert-OH is 1. The molecule has 0 aliphatic rings. The van der Waals surface area contributed by atoms with Crippen molar-refractivity contribution in [1.82, 2.24) is 0 Å². The van der Waals surface area contributed by atoms with Crippen LogP contribution < -0.4 is 0 Å². The van der Waals surface area contributed by atoms with E-state index < -0.39 is 97.5 Å². The van der Waals surface area contributed by atoms with Crippen LogP contribution >= 0.6 is 15.6 Å². The molecule has 0 radical (unpaired) electrons. The summed E-state index contributed by atoms with van der Waals surface area (Å²) < 4.78 is 68.1. The number of aliphatic hydroxyl groups is 1. The minimum atomic E-state index is -4.95. The summed E-state index contributed by atoms with van der Waals surface area (Å²) in [5.74, 6) is 0.0663. The zero-order valence-electron chi connectivity index (χ0n) is 55.1. The quantitative estimate of drug-likeness (QED) is 0.0222. The molecule has 6 atom stereocenters. The molecule has 0 aromatic carbocycles. The lowest BCUT2D eigenvalue weighted by Crippen LogP contribution is -2.30. The summed E-state index contributed by atoms with van der Waals surface area (Å²) in [6.07, 6.45) is 39.0. The van der Waals surface area contributed by atoms with Gasteiger partial charge in [0, 0.05) is 25.7 Å².